The molecule has 3 rings (SSSR count). The van der Waals surface area contributed by atoms with E-state index in [9.17, 15) is 8.42 Å². The molecular formula is C20H22ClNO3S. The lowest BCUT2D eigenvalue weighted by molar-refractivity contribution is 0.414. The molecule has 0 amide bonds. The molecule has 2 aromatic rings. The normalized spacial score (nSPS) is 21.7. The zero-order valence-corrected chi connectivity index (χ0v) is 16.5. The standard InChI is InChI=1S/C20H22ClNO3S/c1-20(2)17(10-6-14-12-15(21)7-11-18(14)25-3)19(20)13-4-8-16(9-5-13)26(22,23)24/h4-12,17,19H,1-3H3,(H2,22,23,24)/b10-6+/t17-,19-/m1/s1. The first-order chi connectivity index (χ1) is 12.1. The Bertz CT molecular complexity index is 950. The number of sulfonamides is 1. The summed E-state index contributed by atoms with van der Waals surface area (Å²) in [5.74, 6) is 1.43. The minimum atomic E-state index is -3.67. The smallest absolute Gasteiger partial charge is 0.238 e. The molecule has 1 saturated carbocycles. The van der Waals surface area contributed by atoms with Gasteiger partial charge in [-0.05, 0) is 53.1 Å². The molecule has 0 spiro atoms. The summed E-state index contributed by atoms with van der Waals surface area (Å²) in [6.07, 6.45) is 4.21. The summed E-state index contributed by atoms with van der Waals surface area (Å²) < 4.78 is 28.2. The average molecular weight is 392 g/mol. The minimum absolute atomic E-state index is 0.0887. The molecule has 0 aliphatic heterocycles. The van der Waals surface area contributed by atoms with Gasteiger partial charge in [0.2, 0.25) is 10.0 Å². The average Bonchev–Trinajstić information content (AvgIpc) is 3.13. The van der Waals surface area contributed by atoms with E-state index in [0.717, 1.165) is 16.9 Å². The molecule has 2 atom stereocenters. The van der Waals surface area contributed by atoms with Crippen LogP contribution in [0.4, 0.5) is 0 Å². The third-order valence-corrected chi connectivity index (χ3v) is 6.32. The van der Waals surface area contributed by atoms with Crippen LogP contribution in [0.2, 0.25) is 5.02 Å². The van der Waals surface area contributed by atoms with Gasteiger partial charge < -0.3 is 4.74 Å². The molecule has 138 valence electrons. The van der Waals surface area contributed by atoms with Crippen molar-refractivity contribution in [1.82, 2.24) is 0 Å². The number of methoxy groups -OCH3 is 1. The van der Waals surface area contributed by atoms with Crippen molar-refractivity contribution in [1.29, 1.82) is 0 Å². The Morgan fingerprint density at radius 3 is 2.38 bits per heavy atom. The number of hydrogen-bond donors (Lipinski definition) is 1. The Labute approximate surface area is 159 Å². The van der Waals surface area contributed by atoms with Gasteiger partial charge in [-0.25, -0.2) is 13.6 Å². The summed E-state index contributed by atoms with van der Waals surface area (Å²) in [6, 6.07) is 12.4. The Kier molecular flexibility index (Phi) is 4.90. The van der Waals surface area contributed by atoms with Crippen molar-refractivity contribution in [2.45, 2.75) is 24.7 Å². The van der Waals surface area contributed by atoms with Crippen molar-refractivity contribution in [3.05, 3.63) is 64.7 Å². The fraction of sp³-hybridized carbons (Fsp3) is 0.300. The van der Waals surface area contributed by atoms with Crippen molar-refractivity contribution >= 4 is 27.7 Å². The van der Waals surface area contributed by atoms with E-state index in [4.69, 9.17) is 21.5 Å². The predicted octanol–water partition coefficient (Wildman–Crippen LogP) is 4.45. The van der Waals surface area contributed by atoms with Gasteiger partial charge in [0.1, 0.15) is 5.75 Å². The molecule has 6 heteroatoms. The number of primary sulfonamides is 1. The van der Waals surface area contributed by atoms with Gasteiger partial charge in [-0.1, -0.05) is 49.7 Å². The van der Waals surface area contributed by atoms with Crippen LogP contribution in [0.25, 0.3) is 6.08 Å². The highest BCUT2D eigenvalue weighted by atomic mass is 35.5. The number of benzene rings is 2. The molecule has 0 unspecified atom stereocenters. The van der Waals surface area contributed by atoms with Crippen LogP contribution in [-0.2, 0) is 10.0 Å². The predicted molar refractivity (Wildman–Crippen MR) is 105 cm³/mol. The SMILES string of the molecule is COc1ccc(Cl)cc1/C=C/[C@@H]1[C@@H](c2ccc(S(N)(=O)=O)cc2)C1(C)C. The second kappa shape index (κ2) is 6.72. The van der Waals surface area contributed by atoms with Crippen LogP contribution in [0.5, 0.6) is 5.75 Å². The number of hydrogen-bond acceptors (Lipinski definition) is 3. The van der Waals surface area contributed by atoms with Crippen LogP contribution in [-0.4, -0.2) is 15.5 Å². The van der Waals surface area contributed by atoms with Crippen LogP contribution in [0, 0.1) is 11.3 Å². The zero-order valence-electron chi connectivity index (χ0n) is 14.9. The van der Waals surface area contributed by atoms with E-state index in [-0.39, 0.29) is 10.3 Å². The van der Waals surface area contributed by atoms with E-state index in [1.165, 1.54) is 0 Å². The monoisotopic (exact) mass is 391 g/mol. The molecule has 0 radical (unpaired) electrons. The minimum Gasteiger partial charge on any atom is -0.496 e. The maximum absolute atomic E-state index is 11.4. The molecule has 2 aromatic carbocycles. The maximum atomic E-state index is 11.4. The maximum Gasteiger partial charge on any atom is 0.238 e. The molecule has 0 heterocycles. The highest BCUT2D eigenvalue weighted by Crippen LogP contribution is 2.65. The molecule has 0 saturated heterocycles. The fourth-order valence-corrected chi connectivity index (χ4v) is 4.28. The first-order valence-corrected chi connectivity index (χ1v) is 10.2. The molecule has 1 aliphatic carbocycles. The van der Waals surface area contributed by atoms with Gasteiger partial charge in [0.25, 0.3) is 0 Å². The third-order valence-electron chi connectivity index (χ3n) is 5.15. The van der Waals surface area contributed by atoms with E-state index in [0.29, 0.717) is 16.9 Å². The topological polar surface area (TPSA) is 69.4 Å². The van der Waals surface area contributed by atoms with Crippen molar-refractivity contribution < 1.29 is 13.2 Å². The van der Waals surface area contributed by atoms with Gasteiger partial charge in [0.05, 0.1) is 12.0 Å². The molecule has 2 N–H and O–H groups in total. The van der Waals surface area contributed by atoms with E-state index in [1.807, 2.05) is 30.3 Å². The Morgan fingerprint density at radius 2 is 1.81 bits per heavy atom. The number of allylic oxidation sites excluding steroid dienone is 1. The number of rotatable bonds is 5. The first kappa shape index (κ1) is 19.0. The van der Waals surface area contributed by atoms with Crippen molar-refractivity contribution in [3.8, 4) is 5.75 Å². The summed E-state index contributed by atoms with van der Waals surface area (Å²) in [5, 5.41) is 5.83. The van der Waals surface area contributed by atoms with Crippen LogP contribution in [0.15, 0.2) is 53.4 Å². The van der Waals surface area contributed by atoms with Crippen molar-refractivity contribution in [2.24, 2.45) is 16.5 Å². The summed E-state index contributed by atoms with van der Waals surface area (Å²) in [6.45, 7) is 4.41. The lowest BCUT2D eigenvalue weighted by Crippen LogP contribution is -2.11. The molecule has 4 nitrogen and oxygen atoms in total. The van der Waals surface area contributed by atoms with Crippen LogP contribution < -0.4 is 9.88 Å². The first-order valence-electron chi connectivity index (χ1n) is 8.29. The summed E-state index contributed by atoms with van der Waals surface area (Å²) >= 11 is 6.09. The summed E-state index contributed by atoms with van der Waals surface area (Å²) in [4.78, 5) is 0.135. The van der Waals surface area contributed by atoms with Crippen molar-refractivity contribution in [2.75, 3.05) is 7.11 Å². The van der Waals surface area contributed by atoms with E-state index in [2.05, 4.69) is 19.9 Å². The quantitative estimate of drug-likeness (QED) is 0.818. The molecular weight excluding hydrogens is 370 g/mol. The van der Waals surface area contributed by atoms with Crippen LogP contribution in [0.3, 0.4) is 0 Å². The van der Waals surface area contributed by atoms with E-state index >= 15 is 0 Å². The molecule has 1 fully saturated rings. The van der Waals surface area contributed by atoms with Gasteiger partial charge in [0, 0.05) is 10.6 Å². The highest BCUT2D eigenvalue weighted by molar-refractivity contribution is 7.89. The second-order valence-electron chi connectivity index (χ2n) is 7.18. The van der Waals surface area contributed by atoms with Gasteiger partial charge in [-0.2, -0.15) is 0 Å². The van der Waals surface area contributed by atoms with Crippen LogP contribution >= 0.6 is 11.6 Å². The van der Waals surface area contributed by atoms with Crippen molar-refractivity contribution in [3.63, 3.8) is 0 Å². The number of nitrogens with two attached hydrogens (primary N) is 1. The number of halogens is 1. The lowest BCUT2D eigenvalue weighted by atomic mass is 10.0. The van der Waals surface area contributed by atoms with E-state index < -0.39 is 10.0 Å². The second-order valence-corrected chi connectivity index (χ2v) is 9.18. The molecule has 26 heavy (non-hydrogen) atoms. The Morgan fingerprint density at radius 1 is 1.15 bits per heavy atom. The number of ether oxygens (including phenoxy) is 1. The molecule has 1 aliphatic rings. The molecule has 0 aromatic heterocycles. The summed E-state index contributed by atoms with van der Waals surface area (Å²) in [7, 11) is -2.03. The zero-order chi connectivity index (χ0) is 19.1. The largest absolute Gasteiger partial charge is 0.496 e. The van der Waals surface area contributed by atoms with Gasteiger partial charge >= 0.3 is 0 Å². The fourth-order valence-electron chi connectivity index (χ4n) is 3.58. The molecule has 0 bridgehead atoms. The Hall–Kier alpha value is -1.82. The van der Waals surface area contributed by atoms with Gasteiger partial charge in [0.15, 0.2) is 0 Å². The van der Waals surface area contributed by atoms with Gasteiger partial charge in [-0.3, -0.25) is 0 Å². The lowest BCUT2D eigenvalue weighted by Gasteiger charge is -2.05. The Balaban J connectivity index is 1.83. The van der Waals surface area contributed by atoms with Gasteiger partial charge in [-0.15, -0.1) is 0 Å². The highest BCUT2D eigenvalue weighted by Gasteiger charge is 2.56. The van der Waals surface area contributed by atoms with E-state index in [1.54, 1.807) is 25.3 Å². The summed E-state index contributed by atoms with van der Waals surface area (Å²) in [5.41, 5.74) is 2.13. The van der Waals surface area contributed by atoms with Crippen LogP contribution in [0.1, 0.15) is 30.9 Å². The third kappa shape index (κ3) is 3.65.